The highest BCUT2D eigenvalue weighted by atomic mass is 16.5. The van der Waals surface area contributed by atoms with Gasteiger partial charge in [-0.25, -0.2) is 4.98 Å². The van der Waals surface area contributed by atoms with Crippen molar-refractivity contribution in [3.8, 4) is 0 Å². The Morgan fingerprint density at radius 1 is 1.29 bits per heavy atom. The third-order valence-corrected chi connectivity index (χ3v) is 5.80. The number of nitrogens with zero attached hydrogens (tertiary/aromatic N) is 4. The molecule has 31 heavy (non-hydrogen) atoms. The number of hydrogen-bond acceptors (Lipinski definition) is 5. The molecule has 166 valence electrons. The summed E-state index contributed by atoms with van der Waals surface area (Å²) in [6.45, 7) is 13.7. The smallest absolute Gasteiger partial charge is 0.259 e. The first-order valence-corrected chi connectivity index (χ1v) is 11.2. The highest BCUT2D eigenvalue weighted by Crippen LogP contribution is 2.35. The number of anilines is 1. The van der Waals surface area contributed by atoms with Crippen LogP contribution < -0.4 is 5.32 Å². The summed E-state index contributed by atoms with van der Waals surface area (Å²) >= 11 is 0. The Morgan fingerprint density at radius 2 is 2.06 bits per heavy atom. The SMILES string of the molecule is Cc1onc(C(C)C)c1C(=O)N1CCCC(c2nc3ccccn3c2NC(C)(C)C)C1. The first kappa shape index (κ1) is 21.4. The molecule has 1 fully saturated rings. The molecule has 0 spiro atoms. The molecular weight excluding hydrogens is 390 g/mol. The number of nitrogens with one attached hydrogen (secondary N) is 1. The van der Waals surface area contributed by atoms with Gasteiger partial charge in [-0.3, -0.25) is 9.20 Å². The lowest BCUT2D eigenvalue weighted by Crippen LogP contribution is -2.40. The molecule has 4 rings (SSSR count). The number of carbonyl (C=O) groups excluding carboxylic acids is 1. The molecule has 1 aliphatic heterocycles. The van der Waals surface area contributed by atoms with Gasteiger partial charge in [0, 0.05) is 30.7 Å². The van der Waals surface area contributed by atoms with Crippen LogP contribution in [0.15, 0.2) is 28.9 Å². The maximum Gasteiger partial charge on any atom is 0.259 e. The van der Waals surface area contributed by atoms with Gasteiger partial charge in [0.05, 0.1) is 11.4 Å². The number of aryl methyl sites for hydroxylation is 1. The van der Waals surface area contributed by atoms with Crippen molar-refractivity contribution in [3.05, 3.63) is 47.1 Å². The lowest BCUT2D eigenvalue weighted by atomic mass is 9.93. The molecule has 0 aromatic carbocycles. The molecule has 1 atom stereocenters. The van der Waals surface area contributed by atoms with Gasteiger partial charge in [-0.2, -0.15) is 0 Å². The fraction of sp³-hybridized carbons (Fsp3) is 0.542. The average Bonchev–Trinajstić information content (AvgIpc) is 3.27. The van der Waals surface area contributed by atoms with E-state index in [0.717, 1.165) is 42.2 Å². The Labute approximate surface area is 183 Å². The molecule has 1 N–H and O–H groups in total. The second-order valence-electron chi connectivity index (χ2n) is 9.89. The summed E-state index contributed by atoms with van der Waals surface area (Å²) in [5.74, 6) is 1.94. The highest BCUT2D eigenvalue weighted by molar-refractivity contribution is 5.96. The van der Waals surface area contributed by atoms with Gasteiger partial charge < -0.3 is 14.7 Å². The van der Waals surface area contributed by atoms with Crippen molar-refractivity contribution in [3.63, 3.8) is 0 Å². The van der Waals surface area contributed by atoms with Gasteiger partial charge in [-0.1, -0.05) is 25.1 Å². The molecule has 7 heteroatoms. The molecule has 0 bridgehead atoms. The number of amides is 1. The molecule has 3 aromatic heterocycles. The zero-order valence-corrected chi connectivity index (χ0v) is 19.4. The number of aromatic nitrogens is 3. The maximum absolute atomic E-state index is 13.5. The number of likely N-dealkylation sites (tertiary alicyclic amines) is 1. The van der Waals surface area contributed by atoms with E-state index in [1.807, 2.05) is 50.1 Å². The van der Waals surface area contributed by atoms with Crippen LogP contribution in [0.25, 0.3) is 5.65 Å². The minimum absolute atomic E-state index is 0.0150. The van der Waals surface area contributed by atoms with Crippen molar-refractivity contribution in [1.29, 1.82) is 0 Å². The number of hydrogen-bond donors (Lipinski definition) is 1. The zero-order chi connectivity index (χ0) is 22.3. The van der Waals surface area contributed by atoms with Gasteiger partial charge in [0.1, 0.15) is 22.8 Å². The van der Waals surface area contributed by atoms with Gasteiger partial charge in [-0.15, -0.1) is 0 Å². The molecule has 1 aliphatic rings. The van der Waals surface area contributed by atoms with Crippen molar-refractivity contribution >= 4 is 17.4 Å². The summed E-state index contributed by atoms with van der Waals surface area (Å²) in [6.07, 6.45) is 3.99. The molecule has 1 amide bonds. The minimum Gasteiger partial charge on any atom is -0.365 e. The van der Waals surface area contributed by atoms with Crippen LogP contribution in [0.3, 0.4) is 0 Å². The number of pyridine rings is 1. The monoisotopic (exact) mass is 423 g/mol. The Hall–Kier alpha value is -2.83. The van der Waals surface area contributed by atoms with E-state index < -0.39 is 0 Å². The zero-order valence-electron chi connectivity index (χ0n) is 19.4. The standard InChI is InChI=1S/C24H33N5O2/c1-15(2)20-19(16(3)31-27-20)23(30)28-12-9-10-17(14-28)21-22(26-24(4,5)6)29-13-8-7-11-18(29)25-21/h7-8,11,13,15,17,26H,9-10,12,14H2,1-6H3. The Bertz CT molecular complexity index is 1090. The number of carbonyl (C=O) groups is 1. The molecule has 0 saturated carbocycles. The van der Waals surface area contributed by atoms with E-state index in [2.05, 4.69) is 35.6 Å². The van der Waals surface area contributed by atoms with E-state index in [-0.39, 0.29) is 23.3 Å². The van der Waals surface area contributed by atoms with Crippen LogP contribution >= 0.6 is 0 Å². The van der Waals surface area contributed by atoms with Crippen LogP contribution in [0.4, 0.5) is 5.82 Å². The molecule has 1 unspecified atom stereocenters. The first-order chi connectivity index (χ1) is 14.7. The van der Waals surface area contributed by atoms with Crippen LogP contribution in [0.5, 0.6) is 0 Å². The van der Waals surface area contributed by atoms with Gasteiger partial charge in [0.2, 0.25) is 0 Å². The van der Waals surface area contributed by atoms with Crippen LogP contribution in [0.1, 0.15) is 86.8 Å². The second-order valence-corrected chi connectivity index (χ2v) is 9.89. The fourth-order valence-corrected chi connectivity index (χ4v) is 4.36. The van der Waals surface area contributed by atoms with Crippen molar-refractivity contribution in [2.75, 3.05) is 18.4 Å². The number of rotatable bonds is 4. The van der Waals surface area contributed by atoms with Crippen LogP contribution in [0, 0.1) is 6.92 Å². The first-order valence-electron chi connectivity index (χ1n) is 11.2. The van der Waals surface area contributed by atoms with E-state index in [4.69, 9.17) is 9.51 Å². The predicted octanol–water partition coefficient (Wildman–Crippen LogP) is 4.98. The largest absolute Gasteiger partial charge is 0.365 e. The predicted molar refractivity (Wildman–Crippen MR) is 122 cm³/mol. The van der Waals surface area contributed by atoms with E-state index in [0.29, 0.717) is 17.9 Å². The van der Waals surface area contributed by atoms with E-state index >= 15 is 0 Å². The quantitative estimate of drug-likeness (QED) is 0.640. The van der Waals surface area contributed by atoms with E-state index in [9.17, 15) is 4.79 Å². The fourth-order valence-electron chi connectivity index (χ4n) is 4.36. The summed E-state index contributed by atoms with van der Waals surface area (Å²) in [7, 11) is 0. The van der Waals surface area contributed by atoms with Crippen LogP contribution in [-0.2, 0) is 0 Å². The number of fused-ring (bicyclic) bond motifs is 1. The van der Waals surface area contributed by atoms with Gasteiger partial charge in [-0.05, 0) is 58.6 Å². The van der Waals surface area contributed by atoms with Gasteiger partial charge >= 0.3 is 0 Å². The molecule has 0 radical (unpaired) electrons. The van der Waals surface area contributed by atoms with Crippen molar-refractivity contribution in [1.82, 2.24) is 19.4 Å². The summed E-state index contributed by atoms with van der Waals surface area (Å²) < 4.78 is 7.48. The minimum atomic E-state index is -0.101. The van der Waals surface area contributed by atoms with Crippen LogP contribution in [0.2, 0.25) is 0 Å². The Kier molecular flexibility index (Phi) is 5.54. The molecule has 7 nitrogen and oxygen atoms in total. The summed E-state index contributed by atoms with van der Waals surface area (Å²) in [5, 5.41) is 7.79. The molecular formula is C24H33N5O2. The van der Waals surface area contributed by atoms with Gasteiger partial charge in [0.25, 0.3) is 5.91 Å². The third kappa shape index (κ3) is 4.18. The lowest BCUT2D eigenvalue weighted by Gasteiger charge is -2.33. The van der Waals surface area contributed by atoms with Crippen molar-refractivity contribution in [2.45, 2.75) is 71.8 Å². The second kappa shape index (κ2) is 8.02. The third-order valence-electron chi connectivity index (χ3n) is 5.80. The van der Waals surface area contributed by atoms with Gasteiger partial charge in [0.15, 0.2) is 0 Å². The summed E-state index contributed by atoms with van der Waals surface area (Å²) in [4.78, 5) is 20.4. The summed E-state index contributed by atoms with van der Waals surface area (Å²) in [5.41, 5.74) is 3.22. The Balaban J connectivity index is 1.67. The normalized spacial score (nSPS) is 17.5. The molecule has 1 saturated heterocycles. The number of imidazole rings is 1. The molecule has 4 heterocycles. The molecule has 3 aromatic rings. The maximum atomic E-state index is 13.5. The molecule has 0 aliphatic carbocycles. The Morgan fingerprint density at radius 3 is 2.77 bits per heavy atom. The number of piperidine rings is 1. The van der Waals surface area contributed by atoms with Crippen molar-refractivity contribution < 1.29 is 9.32 Å². The van der Waals surface area contributed by atoms with E-state index in [1.54, 1.807) is 0 Å². The van der Waals surface area contributed by atoms with Crippen LogP contribution in [-0.4, -0.2) is 44.0 Å². The average molecular weight is 424 g/mol. The lowest BCUT2D eigenvalue weighted by molar-refractivity contribution is 0.0703. The highest BCUT2D eigenvalue weighted by Gasteiger charge is 2.33. The summed E-state index contributed by atoms with van der Waals surface area (Å²) in [6, 6.07) is 6.05. The topological polar surface area (TPSA) is 75.7 Å². The van der Waals surface area contributed by atoms with Crippen molar-refractivity contribution in [2.24, 2.45) is 0 Å². The van der Waals surface area contributed by atoms with E-state index in [1.165, 1.54) is 0 Å².